The van der Waals surface area contributed by atoms with E-state index in [1.165, 1.54) is 13.8 Å². The minimum absolute atomic E-state index is 0.0965. The Bertz CT molecular complexity index is 672. The van der Waals surface area contributed by atoms with Crippen LogP contribution in [0.25, 0.3) is 0 Å². The second-order valence-corrected chi connectivity index (χ2v) is 7.85. The number of carboxylic acids is 1. The first kappa shape index (κ1) is 18.0. The number of rotatable bonds is 6. The quantitative estimate of drug-likeness (QED) is 0.813. The Hall–Kier alpha value is -1.38. The molecule has 2 rings (SSSR count). The lowest BCUT2D eigenvalue weighted by atomic mass is 9.99. The first-order valence-corrected chi connectivity index (χ1v) is 9.26. The molecule has 0 unspecified atom stereocenters. The number of likely N-dealkylation sites (tertiary alicyclic amines) is 1. The number of hydrogen-bond acceptors (Lipinski definition) is 5. The SMILES string of the molecule is Cc1oc(C)c(S(=O)(=O)NCCN2CCC(C)CC2)c1C(=O)O. The molecule has 0 aliphatic carbocycles. The zero-order valence-electron chi connectivity index (χ0n) is 13.8. The Morgan fingerprint density at radius 1 is 1.30 bits per heavy atom. The van der Waals surface area contributed by atoms with Crippen LogP contribution in [0.15, 0.2) is 9.31 Å². The van der Waals surface area contributed by atoms with Crippen LogP contribution in [-0.4, -0.2) is 50.6 Å². The second-order valence-electron chi connectivity index (χ2n) is 6.15. The van der Waals surface area contributed by atoms with Gasteiger partial charge in [0.2, 0.25) is 10.0 Å². The maximum atomic E-state index is 12.4. The predicted molar refractivity (Wildman–Crippen MR) is 85.2 cm³/mol. The van der Waals surface area contributed by atoms with E-state index in [-0.39, 0.29) is 28.5 Å². The van der Waals surface area contributed by atoms with Gasteiger partial charge in [-0.25, -0.2) is 17.9 Å². The zero-order valence-corrected chi connectivity index (χ0v) is 14.6. The van der Waals surface area contributed by atoms with E-state index in [1.807, 2.05) is 0 Å². The molecular weight excluding hydrogens is 320 g/mol. The number of carboxylic acid groups (broad SMARTS) is 1. The predicted octanol–water partition coefficient (Wildman–Crippen LogP) is 1.60. The Labute approximate surface area is 136 Å². The monoisotopic (exact) mass is 344 g/mol. The van der Waals surface area contributed by atoms with Crippen LogP contribution in [0, 0.1) is 19.8 Å². The van der Waals surface area contributed by atoms with Gasteiger partial charge >= 0.3 is 5.97 Å². The Kier molecular flexibility index (Phi) is 5.49. The fraction of sp³-hybridized carbons (Fsp3) is 0.667. The van der Waals surface area contributed by atoms with Gasteiger partial charge < -0.3 is 14.4 Å². The molecule has 0 saturated carbocycles. The van der Waals surface area contributed by atoms with Crippen LogP contribution in [0.2, 0.25) is 0 Å². The van der Waals surface area contributed by atoms with E-state index in [4.69, 9.17) is 4.42 Å². The molecule has 0 spiro atoms. The van der Waals surface area contributed by atoms with E-state index in [2.05, 4.69) is 16.5 Å². The minimum atomic E-state index is -3.91. The second kappa shape index (κ2) is 7.02. The van der Waals surface area contributed by atoms with Gasteiger partial charge in [0.15, 0.2) is 0 Å². The van der Waals surface area contributed by atoms with Crippen LogP contribution in [0.1, 0.15) is 41.6 Å². The summed E-state index contributed by atoms with van der Waals surface area (Å²) in [6.07, 6.45) is 2.24. The Morgan fingerprint density at radius 2 is 1.91 bits per heavy atom. The van der Waals surface area contributed by atoms with Crippen molar-refractivity contribution in [2.45, 2.75) is 38.5 Å². The maximum absolute atomic E-state index is 12.4. The van der Waals surface area contributed by atoms with Crippen molar-refractivity contribution >= 4 is 16.0 Å². The molecule has 1 fully saturated rings. The highest BCUT2D eigenvalue weighted by Crippen LogP contribution is 2.26. The minimum Gasteiger partial charge on any atom is -0.478 e. The lowest BCUT2D eigenvalue weighted by Crippen LogP contribution is -2.39. The summed E-state index contributed by atoms with van der Waals surface area (Å²) < 4.78 is 32.5. The van der Waals surface area contributed by atoms with Gasteiger partial charge in [0.1, 0.15) is 22.0 Å². The normalized spacial score (nSPS) is 17.5. The van der Waals surface area contributed by atoms with Gasteiger partial charge in [0.25, 0.3) is 0 Å². The number of hydrogen-bond donors (Lipinski definition) is 2. The van der Waals surface area contributed by atoms with Crippen molar-refractivity contribution in [1.29, 1.82) is 0 Å². The zero-order chi connectivity index (χ0) is 17.2. The van der Waals surface area contributed by atoms with Crippen LogP contribution < -0.4 is 4.72 Å². The highest BCUT2D eigenvalue weighted by atomic mass is 32.2. The van der Waals surface area contributed by atoms with Crippen LogP contribution in [-0.2, 0) is 10.0 Å². The van der Waals surface area contributed by atoms with Crippen LogP contribution in [0.4, 0.5) is 0 Å². The van der Waals surface area contributed by atoms with Gasteiger partial charge in [0, 0.05) is 13.1 Å². The van der Waals surface area contributed by atoms with E-state index >= 15 is 0 Å². The third kappa shape index (κ3) is 4.13. The van der Waals surface area contributed by atoms with E-state index in [9.17, 15) is 18.3 Å². The molecule has 1 aliphatic rings. The summed E-state index contributed by atoms with van der Waals surface area (Å²) >= 11 is 0. The van der Waals surface area contributed by atoms with Gasteiger partial charge in [-0.2, -0.15) is 0 Å². The highest BCUT2D eigenvalue weighted by Gasteiger charge is 2.30. The summed E-state index contributed by atoms with van der Waals surface area (Å²) in [7, 11) is -3.91. The third-order valence-electron chi connectivity index (χ3n) is 4.28. The van der Waals surface area contributed by atoms with Gasteiger partial charge in [0.05, 0.1) is 0 Å². The van der Waals surface area contributed by atoms with Gasteiger partial charge in [-0.15, -0.1) is 0 Å². The molecule has 130 valence electrons. The molecular formula is C15H24N2O5S. The van der Waals surface area contributed by atoms with Gasteiger partial charge in [-0.3, -0.25) is 0 Å². The fourth-order valence-electron chi connectivity index (χ4n) is 2.93. The number of nitrogens with zero attached hydrogens (tertiary/aromatic N) is 1. The molecule has 0 amide bonds. The Balaban J connectivity index is 2.04. The van der Waals surface area contributed by atoms with Crippen molar-refractivity contribution in [3.8, 4) is 0 Å². The average Bonchev–Trinajstić information content (AvgIpc) is 2.76. The third-order valence-corrected chi connectivity index (χ3v) is 5.90. The molecule has 1 saturated heterocycles. The molecule has 0 atom stereocenters. The van der Waals surface area contributed by atoms with Crippen LogP contribution in [0.5, 0.6) is 0 Å². The van der Waals surface area contributed by atoms with Crippen LogP contribution in [0.3, 0.4) is 0 Å². The van der Waals surface area contributed by atoms with E-state index < -0.39 is 16.0 Å². The summed E-state index contributed by atoms with van der Waals surface area (Å²) in [6.45, 7) is 7.92. The van der Waals surface area contributed by atoms with E-state index in [0.717, 1.165) is 31.8 Å². The smallest absolute Gasteiger partial charge is 0.340 e. The topological polar surface area (TPSA) is 99.9 Å². The molecule has 0 bridgehead atoms. The summed E-state index contributed by atoms with van der Waals surface area (Å²) in [4.78, 5) is 13.2. The van der Waals surface area contributed by atoms with Crippen molar-refractivity contribution < 1.29 is 22.7 Å². The molecule has 2 heterocycles. The standard InChI is InChI=1S/C15H24N2O5S/c1-10-4-7-17(8-5-10)9-6-16-23(20,21)14-12(3)22-11(2)13(14)15(18)19/h10,16H,4-9H2,1-3H3,(H,18,19). The number of aromatic carboxylic acids is 1. The number of furan rings is 1. The first-order valence-electron chi connectivity index (χ1n) is 7.77. The van der Waals surface area contributed by atoms with Gasteiger partial charge in [-0.1, -0.05) is 6.92 Å². The van der Waals surface area contributed by atoms with Crippen molar-refractivity contribution in [2.75, 3.05) is 26.2 Å². The summed E-state index contributed by atoms with van der Waals surface area (Å²) in [5.74, 6) is -0.387. The van der Waals surface area contributed by atoms with Gasteiger partial charge in [-0.05, 0) is 45.7 Å². The maximum Gasteiger partial charge on any atom is 0.340 e. The lowest BCUT2D eigenvalue weighted by Gasteiger charge is -2.30. The highest BCUT2D eigenvalue weighted by molar-refractivity contribution is 7.89. The summed E-state index contributed by atoms with van der Waals surface area (Å²) in [6, 6.07) is 0. The summed E-state index contributed by atoms with van der Waals surface area (Å²) in [5.41, 5.74) is -0.290. The van der Waals surface area contributed by atoms with E-state index in [0.29, 0.717) is 6.54 Å². The molecule has 0 aromatic carbocycles. The number of nitrogens with one attached hydrogen (secondary N) is 1. The van der Waals surface area contributed by atoms with Crippen molar-refractivity contribution in [3.63, 3.8) is 0 Å². The molecule has 7 nitrogen and oxygen atoms in total. The average molecular weight is 344 g/mol. The molecule has 0 radical (unpaired) electrons. The first-order chi connectivity index (χ1) is 10.7. The number of piperidine rings is 1. The number of sulfonamides is 1. The van der Waals surface area contributed by atoms with Crippen molar-refractivity contribution in [2.24, 2.45) is 5.92 Å². The van der Waals surface area contributed by atoms with Crippen molar-refractivity contribution in [1.82, 2.24) is 9.62 Å². The molecule has 1 aromatic heterocycles. The Morgan fingerprint density at radius 3 is 2.48 bits per heavy atom. The molecule has 8 heteroatoms. The van der Waals surface area contributed by atoms with Crippen LogP contribution >= 0.6 is 0 Å². The summed E-state index contributed by atoms with van der Waals surface area (Å²) in [5, 5.41) is 9.22. The largest absolute Gasteiger partial charge is 0.478 e. The fourth-order valence-corrected chi connectivity index (χ4v) is 4.35. The number of aryl methyl sites for hydroxylation is 2. The lowest BCUT2D eigenvalue weighted by molar-refractivity contribution is 0.0691. The molecule has 23 heavy (non-hydrogen) atoms. The molecule has 2 N–H and O–H groups in total. The van der Waals surface area contributed by atoms with Crippen molar-refractivity contribution in [3.05, 3.63) is 17.1 Å². The molecule has 1 aliphatic heterocycles. The molecule has 1 aromatic rings. The van der Waals surface area contributed by atoms with E-state index in [1.54, 1.807) is 0 Å². The number of carbonyl (C=O) groups is 1.